The van der Waals surface area contributed by atoms with Gasteiger partial charge in [0.15, 0.2) is 11.6 Å². The van der Waals surface area contributed by atoms with Crippen LogP contribution in [0.5, 0.6) is 0 Å². The molecule has 0 radical (unpaired) electrons. The van der Waals surface area contributed by atoms with E-state index in [0.717, 1.165) is 22.8 Å². The number of rotatable bonds is 9. The summed E-state index contributed by atoms with van der Waals surface area (Å²) in [7, 11) is 0. The number of amides is 1. The molecule has 0 heterocycles. The summed E-state index contributed by atoms with van der Waals surface area (Å²) in [5.41, 5.74) is 3.06. The van der Waals surface area contributed by atoms with Crippen molar-refractivity contribution in [3.8, 4) is 11.1 Å². The number of hydrogen-bond donors (Lipinski definition) is 1. The van der Waals surface area contributed by atoms with Crippen LogP contribution in [-0.4, -0.2) is 18.5 Å². The van der Waals surface area contributed by atoms with E-state index < -0.39 is 23.6 Å². The highest BCUT2D eigenvalue weighted by molar-refractivity contribution is 5.78. The summed E-state index contributed by atoms with van der Waals surface area (Å²) in [6.07, 6.45) is 0.600. The van der Waals surface area contributed by atoms with Gasteiger partial charge in [0, 0.05) is 12.0 Å². The molecule has 0 aromatic heterocycles. The Morgan fingerprint density at radius 3 is 2.32 bits per heavy atom. The minimum atomic E-state index is -1.08. The van der Waals surface area contributed by atoms with Crippen LogP contribution >= 0.6 is 0 Å². The fraction of sp³-hybridized carbons (Fsp3) is 0.440. The number of benzene rings is 2. The van der Waals surface area contributed by atoms with Crippen LogP contribution in [0.2, 0.25) is 0 Å². The summed E-state index contributed by atoms with van der Waals surface area (Å²) >= 11 is 0. The molecule has 0 saturated heterocycles. The second-order valence-corrected chi connectivity index (χ2v) is 8.19. The van der Waals surface area contributed by atoms with Crippen LogP contribution in [0.4, 0.5) is 8.78 Å². The lowest BCUT2D eigenvalue weighted by molar-refractivity contribution is -0.143. The average Bonchev–Trinajstić information content (AvgIpc) is 2.68. The normalized spacial score (nSPS) is 12.0. The molecular weight excluding hydrogens is 400 g/mol. The van der Waals surface area contributed by atoms with Gasteiger partial charge in [-0.05, 0) is 67.5 Å². The molecule has 0 aliphatic rings. The summed E-state index contributed by atoms with van der Waals surface area (Å²) in [5.74, 6) is -2.70. The van der Waals surface area contributed by atoms with Crippen molar-refractivity contribution in [2.45, 2.75) is 59.9 Å². The quantitative estimate of drug-likeness (QED) is 0.511. The zero-order valence-electron chi connectivity index (χ0n) is 18.9. The van der Waals surface area contributed by atoms with Crippen molar-refractivity contribution in [3.63, 3.8) is 0 Å². The van der Waals surface area contributed by atoms with Crippen LogP contribution in [0.3, 0.4) is 0 Å². The first-order chi connectivity index (χ1) is 14.6. The van der Waals surface area contributed by atoms with Gasteiger partial charge in [-0.25, -0.2) is 8.78 Å². The molecule has 0 unspecified atom stereocenters. The van der Waals surface area contributed by atoms with Crippen LogP contribution in [-0.2, 0) is 14.3 Å². The molecule has 0 fully saturated rings. The van der Waals surface area contributed by atoms with E-state index in [9.17, 15) is 18.4 Å². The lowest BCUT2D eigenvalue weighted by Gasteiger charge is -2.21. The molecule has 1 N–H and O–H groups in total. The zero-order chi connectivity index (χ0) is 23.1. The highest BCUT2D eigenvalue weighted by Crippen LogP contribution is 2.33. The first-order valence-electron chi connectivity index (χ1n) is 10.6. The Labute approximate surface area is 183 Å². The van der Waals surface area contributed by atoms with Crippen molar-refractivity contribution in [1.29, 1.82) is 0 Å². The molecule has 31 heavy (non-hydrogen) atoms. The maximum atomic E-state index is 14.9. The fourth-order valence-electron chi connectivity index (χ4n) is 3.59. The van der Waals surface area contributed by atoms with Crippen LogP contribution in [0, 0.1) is 31.4 Å². The van der Waals surface area contributed by atoms with Gasteiger partial charge in [0.25, 0.3) is 0 Å². The lowest BCUT2D eigenvalue weighted by atomic mass is 9.92. The maximum Gasteiger partial charge on any atom is 0.308 e. The number of carbonyl (C=O) groups excluding carboxylic acids is 2. The molecular formula is C25H31F2NO3. The number of ether oxygens (including phenoxy) is 1. The number of aryl methyl sites for hydroxylation is 2. The standard InChI is InChI=1S/C25H31F2NO3/c1-6-31-23(30)14-21(28-22(29)11-10-15(2)3)19-12-18(13-20(26)25(19)27)24-16(4)8-7-9-17(24)5/h7-9,12-13,15,21H,6,10-11,14H2,1-5H3,(H,28,29)/t21-/m0/s1. The molecule has 6 heteroatoms. The lowest BCUT2D eigenvalue weighted by Crippen LogP contribution is -2.31. The number of halogens is 2. The van der Waals surface area contributed by atoms with Gasteiger partial charge in [-0.1, -0.05) is 32.0 Å². The third kappa shape index (κ3) is 6.61. The molecule has 2 aromatic rings. The van der Waals surface area contributed by atoms with Gasteiger partial charge in [0.2, 0.25) is 5.91 Å². The second kappa shape index (κ2) is 11.0. The zero-order valence-corrected chi connectivity index (χ0v) is 18.9. The van der Waals surface area contributed by atoms with Crippen molar-refractivity contribution < 1.29 is 23.1 Å². The third-order valence-electron chi connectivity index (χ3n) is 5.16. The summed E-state index contributed by atoms with van der Waals surface area (Å²) in [5, 5.41) is 2.71. The van der Waals surface area contributed by atoms with Crippen LogP contribution in [0.1, 0.15) is 62.8 Å². The van der Waals surface area contributed by atoms with E-state index in [-0.39, 0.29) is 30.9 Å². The minimum absolute atomic E-state index is 0.0661. The van der Waals surface area contributed by atoms with Gasteiger partial charge in [0.05, 0.1) is 19.1 Å². The van der Waals surface area contributed by atoms with Crippen molar-refractivity contribution in [3.05, 3.63) is 58.7 Å². The van der Waals surface area contributed by atoms with Crippen molar-refractivity contribution in [1.82, 2.24) is 5.32 Å². The number of hydrogen-bond acceptors (Lipinski definition) is 3. The van der Waals surface area contributed by atoms with Crippen LogP contribution < -0.4 is 5.32 Å². The van der Waals surface area contributed by atoms with E-state index in [0.29, 0.717) is 17.9 Å². The average molecular weight is 432 g/mol. The molecule has 2 rings (SSSR count). The van der Waals surface area contributed by atoms with Crippen molar-refractivity contribution in [2.24, 2.45) is 5.92 Å². The third-order valence-corrected chi connectivity index (χ3v) is 5.16. The van der Waals surface area contributed by atoms with E-state index in [1.165, 1.54) is 6.07 Å². The molecule has 0 aliphatic carbocycles. The smallest absolute Gasteiger partial charge is 0.308 e. The van der Waals surface area contributed by atoms with Gasteiger partial charge < -0.3 is 10.1 Å². The fourth-order valence-corrected chi connectivity index (χ4v) is 3.59. The van der Waals surface area contributed by atoms with Crippen LogP contribution in [0.25, 0.3) is 11.1 Å². The highest BCUT2D eigenvalue weighted by Gasteiger charge is 2.25. The summed E-state index contributed by atoms with van der Waals surface area (Å²) in [6.45, 7) is 9.60. The van der Waals surface area contributed by atoms with Crippen molar-refractivity contribution in [2.75, 3.05) is 6.61 Å². The predicted octanol–water partition coefficient (Wildman–Crippen LogP) is 5.80. The summed E-state index contributed by atoms with van der Waals surface area (Å²) in [6, 6.07) is 7.32. The Kier molecular flexibility index (Phi) is 8.72. The second-order valence-electron chi connectivity index (χ2n) is 8.19. The number of carbonyl (C=O) groups is 2. The molecule has 0 aliphatic heterocycles. The van der Waals surface area contributed by atoms with E-state index in [1.54, 1.807) is 6.92 Å². The van der Waals surface area contributed by atoms with Gasteiger partial charge in [-0.3, -0.25) is 9.59 Å². The largest absolute Gasteiger partial charge is 0.466 e. The topological polar surface area (TPSA) is 55.4 Å². The molecule has 2 aromatic carbocycles. The molecule has 0 bridgehead atoms. The first kappa shape index (κ1) is 24.5. The van der Waals surface area contributed by atoms with E-state index in [2.05, 4.69) is 5.32 Å². The van der Waals surface area contributed by atoms with Crippen LogP contribution in [0.15, 0.2) is 30.3 Å². The number of esters is 1. The van der Waals surface area contributed by atoms with Crippen molar-refractivity contribution >= 4 is 11.9 Å². The molecule has 168 valence electrons. The molecule has 1 amide bonds. The van der Waals surface area contributed by atoms with E-state index in [1.807, 2.05) is 45.9 Å². The highest BCUT2D eigenvalue weighted by atomic mass is 19.2. The maximum absolute atomic E-state index is 14.9. The van der Waals surface area contributed by atoms with Gasteiger partial charge >= 0.3 is 5.97 Å². The Bertz CT molecular complexity index is 920. The van der Waals surface area contributed by atoms with E-state index >= 15 is 0 Å². The van der Waals surface area contributed by atoms with Gasteiger partial charge in [-0.15, -0.1) is 0 Å². The molecule has 0 spiro atoms. The predicted molar refractivity (Wildman–Crippen MR) is 117 cm³/mol. The monoisotopic (exact) mass is 431 g/mol. The Morgan fingerprint density at radius 1 is 1.10 bits per heavy atom. The Hall–Kier alpha value is -2.76. The number of nitrogens with one attached hydrogen (secondary N) is 1. The SMILES string of the molecule is CCOC(=O)C[C@H](NC(=O)CCC(C)C)c1cc(-c2c(C)cccc2C)cc(F)c1F. The Morgan fingerprint density at radius 2 is 1.74 bits per heavy atom. The van der Waals surface area contributed by atoms with Gasteiger partial charge in [0.1, 0.15) is 0 Å². The summed E-state index contributed by atoms with van der Waals surface area (Å²) < 4.78 is 34.5. The van der Waals surface area contributed by atoms with E-state index in [4.69, 9.17) is 4.74 Å². The first-order valence-corrected chi connectivity index (χ1v) is 10.6. The molecule has 4 nitrogen and oxygen atoms in total. The molecule has 1 atom stereocenters. The minimum Gasteiger partial charge on any atom is -0.466 e. The summed E-state index contributed by atoms with van der Waals surface area (Å²) in [4.78, 5) is 24.6. The Balaban J connectivity index is 2.49. The van der Waals surface area contributed by atoms with Gasteiger partial charge in [-0.2, -0.15) is 0 Å². The molecule has 0 saturated carbocycles.